The van der Waals surface area contributed by atoms with E-state index in [-0.39, 0.29) is 5.43 Å². The van der Waals surface area contributed by atoms with Crippen molar-refractivity contribution in [3.05, 3.63) is 39.7 Å². The number of benzene rings is 1. The van der Waals surface area contributed by atoms with Crippen molar-refractivity contribution < 1.29 is 9.64 Å². The van der Waals surface area contributed by atoms with E-state index in [4.69, 9.17) is 4.74 Å². The molecule has 138 valence electrons. The Bertz CT molecular complexity index is 743. The number of nitrogens with one attached hydrogen (secondary N) is 2. The van der Waals surface area contributed by atoms with Crippen LogP contribution in [-0.4, -0.2) is 24.7 Å². The maximum atomic E-state index is 13.1. The number of pyridine rings is 1. The molecule has 25 heavy (non-hydrogen) atoms. The van der Waals surface area contributed by atoms with Crippen molar-refractivity contribution in [2.75, 3.05) is 19.7 Å². The molecule has 0 saturated carbocycles. The van der Waals surface area contributed by atoms with Crippen LogP contribution in [0.4, 0.5) is 0 Å². The van der Waals surface area contributed by atoms with E-state index in [9.17, 15) is 4.79 Å². The molecule has 0 amide bonds. The summed E-state index contributed by atoms with van der Waals surface area (Å²) < 4.78 is 5.80. The summed E-state index contributed by atoms with van der Waals surface area (Å²) in [7, 11) is 0. The molecule has 0 aliphatic heterocycles. The van der Waals surface area contributed by atoms with Gasteiger partial charge in [0.1, 0.15) is 12.3 Å². The van der Waals surface area contributed by atoms with Gasteiger partial charge < -0.3 is 14.6 Å². The van der Waals surface area contributed by atoms with E-state index < -0.39 is 0 Å². The first-order valence-electron chi connectivity index (χ1n) is 9.58. The first-order valence-corrected chi connectivity index (χ1v) is 9.58. The van der Waals surface area contributed by atoms with Gasteiger partial charge >= 0.3 is 0 Å². The lowest BCUT2D eigenvalue weighted by molar-refractivity contribution is -0.914. The van der Waals surface area contributed by atoms with E-state index in [0.717, 1.165) is 60.4 Å². The number of H-pyrrole nitrogens is 1. The fraction of sp³-hybridized carbons (Fsp3) is 0.571. The number of aromatic amines is 1. The van der Waals surface area contributed by atoms with Crippen molar-refractivity contribution in [1.29, 1.82) is 0 Å². The molecule has 0 aliphatic carbocycles. The first kappa shape index (κ1) is 19.5. The van der Waals surface area contributed by atoms with Gasteiger partial charge in [-0.3, -0.25) is 4.79 Å². The van der Waals surface area contributed by atoms with Gasteiger partial charge in [-0.15, -0.1) is 0 Å². The molecule has 1 aromatic heterocycles. The lowest BCUT2D eigenvalue weighted by Gasteiger charge is -2.19. The average Bonchev–Trinajstić information content (AvgIpc) is 2.57. The SMILES string of the molecule is CCC[NH+](CCC)Cc1c(C)[nH]c2ccc(OCC(C)C)cc2c1=O. The summed E-state index contributed by atoms with van der Waals surface area (Å²) in [6.45, 7) is 14.3. The molecule has 2 rings (SSSR count). The zero-order valence-corrected chi connectivity index (χ0v) is 16.4. The third-order valence-corrected chi connectivity index (χ3v) is 4.50. The van der Waals surface area contributed by atoms with Crippen LogP contribution in [0.25, 0.3) is 10.9 Å². The van der Waals surface area contributed by atoms with E-state index in [0.29, 0.717) is 12.5 Å². The van der Waals surface area contributed by atoms with Gasteiger partial charge in [0.2, 0.25) is 0 Å². The number of rotatable bonds is 9. The van der Waals surface area contributed by atoms with Gasteiger partial charge in [0.25, 0.3) is 0 Å². The number of fused-ring (bicyclic) bond motifs is 1. The summed E-state index contributed by atoms with van der Waals surface area (Å²) in [5.74, 6) is 1.23. The van der Waals surface area contributed by atoms with Crippen LogP contribution in [0.15, 0.2) is 23.0 Å². The van der Waals surface area contributed by atoms with Crippen molar-refractivity contribution in [2.24, 2.45) is 5.92 Å². The molecule has 1 aromatic carbocycles. The number of hydrogen-bond acceptors (Lipinski definition) is 2. The van der Waals surface area contributed by atoms with Crippen molar-refractivity contribution in [3.63, 3.8) is 0 Å². The summed E-state index contributed by atoms with van der Waals surface area (Å²) in [4.78, 5) is 18.0. The molecule has 4 heteroatoms. The van der Waals surface area contributed by atoms with Crippen LogP contribution in [0.2, 0.25) is 0 Å². The highest BCUT2D eigenvalue weighted by Crippen LogP contribution is 2.19. The van der Waals surface area contributed by atoms with Crippen LogP contribution in [0, 0.1) is 12.8 Å². The van der Waals surface area contributed by atoms with E-state index in [1.54, 1.807) is 0 Å². The third kappa shape index (κ3) is 5.08. The number of aromatic nitrogens is 1. The zero-order valence-electron chi connectivity index (χ0n) is 16.4. The van der Waals surface area contributed by atoms with Gasteiger partial charge in [0, 0.05) is 16.6 Å². The zero-order chi connectivity index (χ0) is 18.4. The summed E-state index contributed by atoms with van der Waals surface area (Å²) in [6.07, 6.45) is 2.26. The van der Waals surface area contributed by atoms with Crippen LogP contribution in [0.5, 0.6) is 5.75 Å². The quantitative estimate of drug-likeness (QED) is 0.734. The lowest BCUT2D eigenvalue weighted by Crippen LogP contribution is -3.10. The van der Waals surface area contributed by atoms with Crippen molar-refractivity contribution in [3.8, 4) is 5.75 Å². The fourth-order valence-electron chi connectivity index (χ4n) is 3.25. The van der Waals surface area contributed by atoms with E-state index in [1.165, 1.54) is 4.90 Å². The minimum Gasteiger partial charge on any atom is -0.493 e. The number of ether oxygens (including phenoxy) is 1. The molecule has 1 heterocycles. The summed E-state index contributed by atoms with van der Waals surface area (Å²) in [5, 5.41) is 0.731. The maximum Gasteiger partial charge on any atom is 0.198 e. The minimum absolute atomic E-state index is 0.144. The predicted octanol–water partition coefficient (Wildman–Crippen LogP) is 3.08. The molecule has 0 saturated heterocycles. The molecular formula is C21H33N2O2+. The monoisotopic (exact) mass is 345 g/mol. The van der Waals surface area contributed by atoms with Crippen molar-refractivity contribution >= 4 is 10.9 Å². The second-order valence-electron chi connectivity index (χ2n) is 7.40. The Morgan fingerprint density at radius 3 is 2.44 bits per heavy atom. The molecule has 2 N–H and O–H groups in total. The molecule has 0 radical (unpaired) electrons. The summed E-state index contributed by atoms with van der Waals surface area (Å²) in [6, 6.07) is 5.77. The van der Waals surface area contributed by atoms with E-state index >= 15 is 0 Å². The van der Waals surface area contributed by atoms with E-state index in [1.807, 2.05) is 25.1 Å². The predicted molar refractivity (Wildman–Crippen MR) is 105 cm³/mol. The minimum atomic E-state index is 0.144. The largest absolute Gasteiger partial charge is 0.493 e. The van der Waals surface area contributed by atoms with Gasteiger partial charge in [0.15, 0.2) is 5.43 Å². The Hall–Kier alpha value is -1.81. The number of aryl methyl sites for hydroxylation is 1. The topological polar surface area (TPSA) is 46.5 Å². The molecule has 0 aliphatic rings. The Kier molecular flexibility index (Phi) is 7.06. The Labute approximate surface area is 151 Å². The Morgan fingerprint density at radius 1 is 1.16 bits per heavy atom. The molecule has 0 unspecified atom stereocenters. The molecule has 0 atom stereocenters. The smallest absolute Gasteiger partial charge is 0.198 e. The first-order chi connectivity index (χ1) is 12.0. The number of quaternary nitrogens is 1. The van der Waals surface area contributed by atoms with Crippen LogP contribution in [-0.2, 0) is 6.54 Å². The van der Waals surface area contributed by atoms with E-state index in [2.05, 4.69) is 32.7 Å². The van der Waals surface area contributed by atoms with Gasteiger partial charge in [-0.1, -0.05) is 27.7 Å². The van der Waals surface area contributed by atoms with Gasteiger partial charge in [-0.05, 0) is 43.9 Å². The average molecular weight is 346 g/mol. The van der Waals surface area contributed by atoms with Crippen LogP contribution in [0.1, 0.15) is 51.8 Å². The molecular weight excluding hydrogens is 312 g/mol. The van der Waals surface area contributed by atoms with Crippen LogP contribution >= 0.6 is 0 Å². The van der Waals surface area contributed by atoms with Gasteiger partial charge in [0.05, 0.1) is 25.3 Å². The van der Waals surface area contributed by atoms with Gasteiger partial charge in [-0.25, -0.2) is 0 Å². The standard InChI is InChI=1S/C21H32N2O2/c1-6-10-23(11-7-2)13-19-16(5)22-20-9-8-17(25-14-15(3)4)12-18(20)21(19)24/h8-9,12,15H,6-7,10-11,13-14H2,1-5H3,(H,22,24)/p+1. The second kappa shape index (κ2) is 9.04. The molecule has 0 spiro atoms. The summed E-state index contributed by atoms with van der Waals surface area (Å²) >= 11 is 0. The van der Waals surface area contributed by atoms with Crippen LogP contribution in [0.3, 0.4) is 0 Å². The lowest BCUT2D eigenvalue weighted by atomic mass is 10.1. The molecule has 0 fully saturated rings. The van der Waals surface area contributed by atoms with Crippen LogP contribution < -0.4 is 15.1 Å². The Morgan fingerprint density at radius 2 is 1.84 bits per heavy atom. The highest BCUT2D eigenvalue weighted by Gasteiger charge is 2.16. The Balaban J connectivity index is 2.38. The van der Waals surface area contributed by atoms with Gasteiger partial charge in [-0.2, -0.15) is 0 Å². The molecule has 0 bridgehead atoms. The molecule has 2 aromatic rings. The maximum absolute atomic E-state index is 13.1. The fourth-order valence-corrected chi connectivity index (χ4v) is 3.25. The second-order valence-corrected chi connectivity index (χ2v) is 7.40. The molecule has 4 nitrogen and oxygen atoms in total. The van der Waals surface area contributed by atoms with Crippen molar-refractivity contribution in [2.45, 2.75) is 54.0 Å². The third-order valence-electron chi connectivity index (χ3n) is 4.50. The normalized spacial score (nSPS) is 11.6. The van der Waals surface area contributed by atoms with Crippen molar-refractivity contribution in [1.82, 2.24) is 4.98 Å². The highest BCUT2D eigenvalue weighted by atomic mass is 16.5. The highest BCUT2D eigenvalue weighted by molar-refractivity contribution is 5.81. The summed E-state index contributed by atoms with van der Waals surface area (Å²) in [5.41, 5.74) is 2.92. The number of hydrogen-bond donors (Lipinski definition) is 2.